The summed E-state index contributed by atoms with van der Waals surface area (Å²) in [5, 5.41) is 6.79. The van der Waals surface area contributed by atoms with Crippen molar-refractivity contribution in [3.8, 4) is 0 Å². The summed E-state index contributed by atoms with van der Waals surface area (Å²) in [6.45, 7) is 4.78. The van der Waals surface area contributed by atoms with Gasteiger partial charge in [0.05, 0.1) is 18.9 Å². The number of carbonyl (C=O) groups excluding carboxylic acids is 1. The quantitative estimate of drug-likeness (QED) is 0.299. The number of hydrogen-bond donors (Lipinski definition) is 4. The van der Waals surface area contributed by atoms with Gasteiger partial charge in [0, 0.05) is 6.42 Å². The van der Waals surface area contributed by atoms with Crippen LogP contribution in [0.4, 0.5) is 0 Å². The van der Waals surface area contributed by atoms with Gasteiger partial charge in [-0.25, -0.2) is 0 Å². The average molecular weight is 206 g/mol. The second-order valence-corrected chi connectivity index (χ2v) is 2.24. The molecular formula is C8H22N4O2. The van der Waals surface area contributed by atoms with E-state index in [-0.39, 0.29) is 24.4 Å². The third-order valence-corrected chi connectivity index (χ3v) is 0.904. The molecule has 0 saturated carbocycles. The predicted octanol–water partition coefficient (Wildman–Crippen LogP) is 0.393. The highest BCUT2D eigenvalue weighted by molar-refractivity contribution is 5.81. The second-order valence-electron chi connectivity index (χ2n) is 2.24. The first kappa shape index (κ1) is 18.6. The normalized spacial score (nSPS) is 7.64. The average Bonchev–Trinajstić information content (AvgIpc) is 2.03. The maximum Gasteiger partial charge on any atom is 0.306 e. The van der Waals surface area contributed by atoms with E-state index in [0.717, 1.165) is 6.54 Å². The van der Waals surface area contributed by atoms with E-state index in [4.69, 9.17) is 16.9 Å². The van der Waals surface area contributed by atoms with Gasteiger partial charge in [-0.1, -0.05) is 6.92 Å². The van der Waals surface area contributed by atoms with Gasteiger partial charge in [-0.2, -0.15) is 0 Å². The molecule has 0 amide bonds. The molecule has 0 rings (SSSR count). The molecular weight excluding hydrogens is 184 g/mol. The fourth-order valence-corrected chi connectivity index (χ4v) is 0.470. The Morgan fingerprint density at radius 1 is 1.36 bits per heavy atom. The molecule has 0 aliphatic heterocycles. The first-order chi connectivity index (χ1) is 6.08. The van der Waals surface area contributed by atoms with Crippen LogP contribution in [0.15, 0.2) is 0 Å². The summed E-state index contributed by atoms with van der Waals surface area (Å²) >= 11 is 0. The Morgan fingerprint density at radius 2 is 1.79 bits per heavy atom. The zero-order valence-corrected chi connectivity index (χ0v) is 9.01. The number of carbonyl (C=O) groups is 1. The fraction of sp³-hybridized carbons (Fsp3) is 0.750. The van der Waals surface area contributed by atoms with Crippen molar-refractivity contribution in [1.29, 1.82) is 5.41 Å². The number of esters is 1. The van der Waals surface area contributed by atoms with Crippen LogP contribution in [-0.4, -0.2) is 25.0 Å². The lowest BCUT2D eigenvalue weighted by Gasteiger charge is -1.98. The van der Waals surface area contributed by atoms with E-state index in [1.807, 2.05) is 6.92 Å². The van der Waals surface area contributed by atoms with Gasteiger partial charge >= 0.3 is 5.97 Å². The summed E-state index contributed by atoms with van der Waals surface area (Å²) in [6, 6.07) is 0. The summed E-state index contributed by atoms with van der Waals surface area (Å²) in [4.78, 5) is 10.6. The number of rotatable bonds is 4. The summed E-state index contributed by atoms with van der Waals surface area (Å²) in [6.07, 6.45) is 0.502. The molecule has 0 aliphatic rings. The topological polar surface area (TPSA) is 137 Å². The van der Waals surface area contributed by atoms with Gasteiger partial charge < -0.3 is 22.4 Å². The molecule has 0 aromatic carbocycles. The first-order valence-corrected chi connectivity index (χ1v) is 4.27. The summed E-state index contributed by atoms with van der Waals surface area (Å²) < 4.78 is 4.60. The Labute approximate surface area is 85.1 Å². The van der Waals surface area contributed by atoms with Crippen LogP contribution in [0.25, 0.3) is 0 Å². The number of amidine groups is 1. The van der Waals surface area contributed by atoms with Gasteiger partial charge in [0.25, 0.3) is 0 Å². The monoisotopic (exact) mass is 206 g/mol. The minimum Gasteiger partial charge on any atom is -0.466 e. The molecule has 0 unspecified atom stereocenters. The van der Waals surface area contributed by atoms with Crippen molar-refractivity contribution in [3.63, 3.8) is 0 Å². The van der Waals surface area contributed by atoms with Crippen molar-refractivity contribution < 1.29 is 9.53 Å². The molecule has 0 aliphatic carbocycles. The van der Waals surface area contributed by atoms with Crippen molar-refractivity contribution >= 4 is 11.8 Å². The van der Waals surface area contributed by atoms with Crippen molar-refractivity contribution in [2.75, 3.05) is 13.2 Å². The van der Waals surface area contributed by atoms with E-state index < -0.39 is 0 Å². The SMILES string of the molecule is CCN.CCOC(=O)CCC(=N)N.N. The molecule has 0 heterocycles. The van der Waals surface area contributed by atoms with Crippen LogP contribution >= 0.6 is 0 Å². The molecule has 14 heavy (non-hydrogen) atoms. The summed E-state index contributed by atoms with van der Waals surface area (Å²) in [5.74, 6) is -0.272. The van der Waals surface area contributed by atoms with E-state index in [2.05, 4.69) is 4.74 Å². The minimum atomic E-state index is -0.294. The van der Waals surface area contributed by atoms with Crippen LogP contribution in [0.2, 0.25) is 0 Å². The van der Waals surface area contributed by atoms with Crippen molar-refractivity contribution in [3.05, 3.63) is 0 Å². The van der Waals surface area contributed by atoms with Gasteiger partial charge in [-0.3, -0.25) is 10.2 Å². The maximum atomic E-state index is 10.6. The van der Waals surface area contributed by atoms with E-state index in [1.54, 1.807) is 6.92 Å². The summed E-state index contributed by atoms with van der Waals surface area (Å²) in [5.41, 5.74) is 9.86. The Balaban J connectivity index is -0.000000267. The lowest BCUT2D eigenvalue weighted by molar-refractivity contribution is -0.142. The molecule has 0 aromatic heterocycles. The third kappa shape index (κ3) is 22.4. The van der Waals surface area contributed by atoms with E-state index in [0.29, 0.717) is 13.0 Å². The fourth-order valence-electron chi connectivity index (χ4n) is 0.470. The number of nitrogens with two attached hydrogens (primary N) is 2. The maximum absolute atomic E-state index is 10.6. The molecule has 0 fully saturated rings. The Bertz CT molecular complexity index is 150. The molecule has 0 bridgehead atoms. The van der Waals surface area contributed by atoms with Crippen LogP contribution in [0.5, 0.6) is 0 Å². The van der Waals surface area contributed by atoms with Gasteiger partial charge in [0.1, 0.15) is 0 Å². The smallest absolute Gasteiger partial charge is 0.306 e. The molecule has 6 heteroatoms. The van der Waals surface area contributed by atoms with Gasteiger partial charge in [0.15, 0.2) is 0 Å². The molecule has 0 spiro atoms. The molecule has 0 radical (unpaired) electrons. The van der Waals surface area contributed by atoms with E-state index in [9.17, 15) is 4.79 Å². The molecule has 8 N–H and O–H groups in total. The van der Waals surface area contributed by atoms with Gasteiger partial charge in [-0.15, -0.1) is 0 Å². The first-order valence-electron chi connectivity index (χ1n) is 4.27. The van der Waals surface area contributed by atoms with Crippen LogP contribution in [0.3, 0.4) is 0 Å². The molecule has 86 valence electrons. The highest BCUT2D eigenvalue weighted by Crippen LogP contribution is 1.90. The lowest BCUT2D eigenvalue weighted by Crippen LogP contribution is -2.13. The molecule has 0 saturated heterocycles. The van der Waals surface area contributed by atoms with E-state index in [1.165, 1.54) is 0 Å². The predicted molar refractivity (Wildman–Crippen MR) is 57.5 cm³/mol. The number of hydrogen-bond acceptors (Lipinski definition) is 5. The standard InChI is InChI=1S/C6H12N2O2.C2H7N.H3N/c1-2-10-6(9)4-3-5(7)8;1-2-3;/h2-4H2,1H3,(H3,7,8);2-3H2,1H3;1H3. The zero-order valence-electron chi connectivity index (χ0n) is 9.01. The van der Waals surface area contributed by atoms with Gasteiger partial charge in [-0.05, 0) is 13.5 Å². The zero-order chi connectivity index (χ0) is 10.7. The second kappa shape index (κ2) is 14.4. The third-order valence-electron chi connectivity index (χ3n) is 0.904. The van der Waals surface area contributed by atoms with Crippen LogP contribution in [0.1, 0.15) is 26.7 Å². The van der Waals surface area contributed by atoms with Crippen molar-refractivity contribution in [2.45, 2.75) is 26.7 Å². The molecule has 0 atom stereocenters. The van der Waals surface area contributed by atoms with Crippen molar-refractivity contribution in [1.82, 2.24) is 6.15 Å². The van der Waals surface area contributed by atoms with Crippen LogP contribution in [0, 0.1) is 5.41 Å². The highest BCUT2D eigenvalue weighted by Gasteiger charge is 2.00. The Morgan fingerprint density at radius 3 is 2.07 bits per heavy atom. The van der Waals surface area contributed by atoms with Gasteiger partial charge in [0.2, 0.25) is 0 Å². The molecule has 0 aromatic rings. The number of ether oxygens (including phenoxy) is 1. The highest BCUT2D eigenvalue weighted by atomic mass is 16.5. The lowest BCUT2D eigenvalue weighted by atomic mass is 10.3. The largest absolute Gasteiger partial charge is 0.466 e. The summed E-state index contributed by atoms with van der Waals surface area (Å²) in [7, 11) is 0. The number of nitrogens with one attached hydrogen (secondary N) is 1. The Hall–Kier alpha value is -1.14. The van der Waals surface area contributed by atoms with Crippen molar-refractivity contribution in [2.24, 2.45) is 11.5 Å². The van der Waals surface area contributed by atoms with Crippen LogP contribution in [-0.2, 0) is 9.53 Å². The Kier molecular flexibility index (Phi) is 19.1. The van der Waals surface area contributed by atoms with Crippen LogP contribution < -0.4 is 17.6 Å². The van der Waals surface area contributed by atoms with E-state index >= 15 is 0 Å². The molecule has 6 nitrogen and oxygen atoms in total. The minimum absolute atomic E-state index is 0.